The lowest BCUT2D eigenvalue weighted by molar-refractivity contribution is 0.303. The highest BCUT2D eigenvalue weighted by atomic mass is 16.5. The van der Waals surface area contributed by atoms with Crippen LogP contribution in [0.3, 0.4) is 0 Å². The molecule has 2 nitrogen and oxygen atoms in total. The van der Waals surface area contributed by atoms with Crippen molar-refractivity contribution in [1.82, 2.24) is 5.32 Å². The highest BCUT2D eigenvalue weighted by Gasteiger charge is 2.23. The van der Waals surface area contributed by atoms with Gasteiger partial charge in [0.1, 0.15) is 5.75 Å². The van der Waals surface area contributed by atoms with E-state index in [1.807, 2.05) is 13.1 Å². The van der Waals surface area contributed by atoms with Crippen LogP contribution in [0.2, 0.25) is 0 Å². The molecule has 1 aliphatic rings. The van der Waals surface area contributed by atoms with E-state index in [1.54, 1.807) is 0 Å². The summed E-state index contributed by atoms with van der Waals surface area (Å²) < 4.78 is 5.87. The van der Waals surface area contributed by atoms with E-state index < -0.39 is 0 Å². The van der Waals surface area contributed by atoms with Crippen molar-refractivity contribution in [2.24, 2.45) is 0 Å². The van der Waals surface area contributed by atoms with Gasteiger partial charge in [-0.05, 0) is 61.7 Å². The SMILES string of the molecule is CNC(C)c1cccc(-c2cccc(OC3CC3)c2)c1. The predicted molar refractivity (Wildman–Crippen MR) is 83.0 cm³/mol. The van der Waals surface area contributed by atoms with Gasteiger partial charge in [0.25, 0.3) is 0 Å². The van der Waals surface area contributed by atoms with Gasteiger partial charge in [0, 0.05) is 6.04 Å². The van der Waals surface area contributed by atoms with Crippen LogP contribution in [-0.4, -0.2) is 13.2 Å². The summed E-state index contributed by atoms with van der Waals surface area (Å²) >= 11 is 0. The van der Waals surface area contributed by atoms with Gasteiger partial charge in [-0.25, -0.2) is 0 Å². The summed E-state index contributed by atoms with van der Waals surface area (Å²) in [5.74, 6) is 0.983. The lowest BCUT2D eigenvalue weighted by Crippen LogP contribution is -2.12. The van der Waals surface area contributed by atoms with Gasteiger partial charge in [-0.15, -0.1) is 0 Å². The molecule has 1 saturated carbocycles. The smallest absolute Gasteiger partial charge is 0.120 e. The van der Waals surface area contributed by atoms with Crippen LogP contribution in [0.5, 0.6) is 5.75 Å². The quantitative estimate of drug-likeness (QED) is 0.877. The summed E-state index contributed by atoms with van der Waals surface area (Å²) in [6.07, 6.45) is 2.83. The third kappa shape index (κ3) is 3.02. The average Bonchev–Trinajstić information content (AvgIpc) is 3.31. The fourth-order valence-electron chi connectivity index (χ4n) is 2.28. The van der Waals surface area contributed by atoms with Crippen LogP contribution in [0.25, 0.3) is 11.1 Å². The van der Waals surface area contributed by atoms with E-state index in [9.17, 15) is 0 Å². The van der Waals surface area contributed by atoms with Gasteiger partial charge in [-0.3, -0.25) is 0 Å². The molecule has 0 bridgehead atoms. The molecule has 2 heteroatoms. The number of benzene rings is 2. The zero-order valence-corrected chi connectivity index (χ0v) is 12.1. The minimum atomic E-state index is 0.362. The minimum absolute atomic E-state index is 0.362. The average molecular weight is 267 g/mol. The van der Waals surface area contributed by atoms with Gasteiger partial charge in [0.2, 0.25) is 0 Å². The van der Waals surface area contributed by atoms with Crippen LogP contribution in [-0.2, 0) is 0 Å². The molecule has 104 valence electrons. The molecule has 0 saturated heterocycles. The minimum Gasteiger partial charge on any atom is -0.490 e. The van der Waals surface area contributed by atoms with Crippen molar-refractivity contribution in [3.63, 3.8) is 0 Å². The molecule has 2 aromatic carbocycles. The summed E-state index contributed by atoms with van der Waals surface area (Å²) in [5.41, 5.74) is 3.76. The molecule has 1 aliphatic carbocycles. The Morgan fingerprint density at radius 3 is 2.45 bits per heavy atom. The Labute approximate surface area is 120 Å². The Bertz CT molecular complexity index is 589. The molecule has 1 atom stereocenters. The van der Waals surface area contributed by atoms with E-state index in [0.29, 0.717) is 12.1 Å². The molecule has 3 rings (SSSR count). The summed E-state index contributed by atoms with van der Waals surface area (Å²) in [6, 6.07) is 17.4. The second-order valence-electron chi connectivity index (χ2n) is 5.48. The topological polar surface area (TPSA) is 21.3 Å². The molecule has 0 amide bonds. The highest BCUT2D eigenvalue weighted by molar-refractivity contribution is 5.66. The normalized spacial score (nSPS) is 15.9. The summed E-state index contributed by atoms with van der Waals surface area (Å²) in [6.45, 7) is 2.17. The first-order valence-electron chi connectivity index (χ1n) is 7.30. The van der Waals surface area contributed by atoms with Gasteiger partial charge in [0.05, 0.1) is 6.10 Å². The van der Waals surface area contributed by atoms with Crippen LogP contribution >= 0.6 is 0 Å². The maximum absolute atomic E-state index is 5.87. The van der Waals surface area contributed by atoms with Crippen molar-refractivity contribution >= 4 is 0 Å². The molecular weight excluding hydrogens is 246 g/mol. The monoisotopic (exact) mass is 267 g/mol. The van der Waals surface area contributed by atoms with E-state index in [4.69, 9.17) is 4.74 Å². The zero-order valence-electron chi connectivity index (χ0n) is 12.1. The molecule has 1 fully saturated rings. The third-order valence-corrected chi connectivity index (χ3v) is 3.81. The fourth-order valence-corrected chi connectivity index (χ4v) is 2.28. The number of hydrogen-bond acceptors (Lipinski definition) is 2. The lowest BCUT2D eigenvalue weighted by Gasteiger charge is -2.13. The van der Waals surface area contributed by atoms with Crippen molar-refractivity contribution < 1.29 is 4.74 Å². The lowest BCUT2D eigenvalue weighted by atomic mass is 10.00. The van der Waals surface area contributed by atoms with E-state index in [1.165, 1.54) is 29.5 Å². The van der Waals surface area contributed by atoms with Gasteiger partial charge in [-0.1, -0.05) is 30.3 Å². The Morgan fingerprint density at radius 2 is 1.75 bits per heavy atom. The van der Waals surface area contributed by atoms with E-state index in [0.717, 1.165) is 5.75 Å². The first kappa shape index (κ1) is 13.2. The van der Waals surface area contributed by atoms with Crippen molar-refractivity contribution in [2.75, 3.05) is 7.05 Å². The fraction of sp³-hybridized carbons (Fsp3) is 0.333. The Morgan fingerprint density at radius 1 is 1.05 bits per heavy atom. The van der Waals surface area contributed by atoms with E-state index in [-0.39, 0.29) is 0 Å². The highest BCUT2D eigenvalue weighted by Crippen LogP contribution is 2.30. The molecule has 20 heavy (non-hydrogen) atoms. The standard InChI is InChI=1S/C18H21NO/c1-13(19-2)14-5-3-6-15(11-14)16-7-4-8-18(12-16)20-17-9-10-17/h3-8,11-13,17,19H,9-10H2,1-2H3. The van der Waals surface area contributed by atoms with Gasteiger partial charge in [0.15, 0.2) is 0 Å². The van der Waals surface area contributed by atoms with E-state index >= 15 is 0 Å². The maximum Gasteiger partial charge on any atom is 0.120 e. The van der Waals surface area contributed by atoms with Crippen LogP contribution in [0.4, 0.5) is 0 Å². The summed E-state index contributed by atoms with van der Waals surface area (Å²) in [4.78, 5) is 0. The predicted octanol–water partition coefficient (Wildman–Crippen LogP) is 4.18. The van der Waals surface area contributed by atoms with Gasteiger partial charge in [-0.2, -0.15) is 0 Å². The summed E-state index contributed by atoms with van der Waals surface area (Å²) in [5, 5.41) is 3.28. The molecule has 0 heterocycles. The molecule has 2 aromatic rings. The number of ether oxygens (including phenoxy) is 1. The second kappa shape index (κ2) is 5.68. The Hall–Kier alpha value is -1.80. The van der Waals surface area contributed by atoms with Crippen LogP contribution in [0.1, 0.15) is 31.4 Å². The molecule has 1 N–H and O–H groups in total. The Kier molecular flexibility index (Phi) is 3.75. The molecule has 0 aromatic heterocycles. The zero-order chi connectivity index (χ0) is 13.9. The first-order chi connectivity index (χ1) is 9.76. The first-order valence-corrected chi connectivity index (χ1v) is 7.30. The number of hydrogen-bond donors (Lipinski definition) is 1. The third-order valence-electron chi connectivity index (χ3n) is 3.81. The van der Waals surface area contributed by atoms with Crippen molar-refractivity contribution in [3.8, 4) is 16.9 Å². The maximum atomic E-state index is 5.87. The van der Waals surface area contributed by atoms with Crippen molar-refractivity contribution in [1.29, 1.82) is 0 Å². The molecule has 0 radical (unpaired) electrons. The van der Waals surface area contributed by atoms with Crippen LogP contribution in [0, 0.1) is 0 Å². The van der Waals surface area contributed by atoms with E-state index in [2.05, 4.69) is 54.7 Å². The molecule has 0 aliphatic heterocycles. The Balaban J connectivity index is 1.87. The number of rotatable bonds is 5. The van der Waals surface area contributed by atoms with Gasteiger partial charge < -0.3 is 10.1 Å². The van der Waals surface area contributed by atoms with Crippen LogP contribution in [0.15, 0.2) is 48.5 Å². The summed E-state index contributed by atoms with van der Waals surface area (Å²) in [7, 11) is 1.99. The molecule has 1 unspecified atom stereocenters. The van der Waals surface area contributed by atoms with Crippen LogP contribution < -0.4 is 10.1 Å². The number of nitrogens with one attached hydrogen (secondary N) is 1. The largest absolute Gasteiger partial charge is 0.490 e. The van der Waals surface area contributed by atoms with Crippen molar-refractivity contribution in [3.05, 3.63) is 54.1 Å². The molecule has 0 spiro atoms. The second-order valence-corrected chi connectivity index (χ2v) is 5.48. The molecular formula is C18H21NO. The van der Waals surface area contributed by atoms with Crippen molar-refractivity contribution in [2.45, 2.75) is 31.9 Å². The van der Waals surface area contributed by atoms with Gasteiger partial charge >= 0.3 is 0 Å².